The van der Waals surface area contributed by atoms with Gasteiger partial charge >= 0.3 is 0 Å². The van der Waals surface area contributed by atoms with Crippen LogP contribution in [0.15, 0.2) is 40.8 Å². The summed E-state index contributed by atoms with van der Waals surface area (Å²) in [7, 11) is 0. The zero-order valence-corrected chi connectivity index (χ0v) is 14.6. The van der Waals surface area contributed by atoms with Gasteiger partial charge in [-0.3, -0.25) is 14.9 Å². The predicted molar refractivity (Wildman–Crippen MR) is 92.0 cm³/mol. The maximum Gasteiger partial charge on any atom is 0.291 e. The van der Waals surface area contributed by atoms with E-state index in [4.69, 9.17) is 9.15 Å². The summed E-state index contributed by atoms with van der Waals surface area (Å²) < 4.78 is 63.3. The number of phenolic OH excluding ortho intramolecular Hbond substituents is 1. The van der Waals surface area contributed by atoms with Crippen LogP contribution in [0.3, 0.4) is 0 Å². The van der Waals surface area contributed by atoms with E-state index in [1.807, 2.05) is 0 Å². The summed E-state index contributed by atoms with van der Waals surface area (Å²) in [5, 5.41) is 22.6. The number of rotatable bonds is 6. The number of phenols is 1. The molecule has 1 heterocycles. The second-order valence-corrected chi connectivity index (χ2v) is 5.76. The third-order valence-electron chi connectivity index (χ3n) is 3.76. The van der Waals surface area contributed by atoms with Crippen LogP contribution in [0.5, 0.6) is 11.5 Å². The van der Waals surface area contributed by atoms with Crippen LogP contribution in [0.4, 0.5) is 28.9 Å². The van der Waals surface area contributed by atoms with E-state index < -0.39 is 57.9 Å². The van der Waals surface area contributed by atoms with Crippen LogP contribution < -0.4 is 10.1 Å². The topological polar surface area (TPSA) is 115 Å². The molecule has 30 heavy (non-hydrogen) atoms. The molecule has 1 amide bonds. The Morgan fingerprint density at radius 2 is 1.77 bits per heavy atom. The molecule has 12 heteroatoms. The Balaban J connectivity index is 1.70. The summed E-state index contributed by atoms with van der Waals surface area (Å²) in [6.07, 6.45) is 0. The summed E-state index contributed by atoms with van der Waals surface area (Å²) >= 11 is 0. The van der Waals surface area contributed by atoms with Gasteiger partial charge in [0.15, 0.2) is 23.1 Å². The number of anilines is 1. The molecule has 0 unspecified atom stereocenters. The number of non-ortho nitro benzene ring substituents is 1. The first kappa shape index (κ1) is 20.6. The van der Waals surface area contributed by atoms with Crippen LogP contribution >= 0.6 is 0 Å². The van der Waals surface area contributed by atoms with Crippen molar-refractivity contribution in [3.05, 3.63) is 81.3 Å². The van der Waals surface area contributed by atoms with Gasteiger partial charge in [-0.25, -0.2) is 8.78 Å². The van der Waals surface area contributed by atoms with E-state index in [9.17, 15) is 37.6 Å². The zero-order chi connectivity index (χ0) is 22.0. The molecule has 0 radical (unpaired) electrons. The van der Waals surface area contributed by atoms with Crippen LogP contribution in [0.1, 0.15) is 16.3 Å². The van der Waals surface area contributed by atoms with Crippen LogP contribution in [0.2, 0.25) is 0 Å². The Bertz CT molecular complexity index is 1120. The highest BCUT2D eigenvalue weighted by molar-refractivity contribution is 6.03. The zero-order valence-electron chi connectivity index (χ0n) is 14.6. The van der Waals surface area contributed by atoms with Crippen molar-refractivity contribution in [1.29, 1.82) is 0 Å². The number of carbonyl (C=O) groups excluding carboxylic acids is 1. The maximum atomic E-state index is 13.6. The lowest BCUT2D eigenvalue weighted by Gasteiger charge is -2.08. The summed E-state index contributed by atoms with van der Waals surface area (Å²) in [6, 6.07) is 5.38. The van der Waals surface area contributed by atoms with Gasteiger partial charge in [0.2, 0.25) is 11.6 Å². The van der Waals surface area contributed by atoms with Crippen molar-refractivity contribution in [2.75, 3.05) is 5.32 Å². The number of aromatic hydroxyl groups is 1. The normalized spacial score (nSPS) is 10.7. The minimum absolute atomic E-state index is 0.0282. The summed E-state index contributed by atoms with van der Waals surface area (Å²) in [6.45, 7) is -0.660. The largest absolute Gasteiger partial charge is 0.506 e. The number of ether oxygens (including phenoxy) is 1. The van der Waals surface area contributed by atoms with Gasteiger partial charge in [0.05, 0.1) is 16.7 Å². The van der Waals surface area contributed by atoms with Crippen LogP contribution in [0.25, 0.3) is 0 Å². The average molecular weight is 426 g/mol. The second-order valence-electron chi connectivity index (χ2n) is 5.76. The Morgan fingerprint density at radius 1 is 1.10 bits per heavy atom. The number of nitrogens with one attached hydrogen (secondary N) is 1. The van der Waals surface area contributed by atoms with E-state index in [0.717, 1.165) is 24.3 Å². The first-order chi connectivity index (χ1) is 14.2. The molecule has 0 spiro atoms. The van der Waals surface area contributed by atoms with Crippen LogP contribution in [-0.2, 0) is 6.61 Å². The lowest BCUT2D eigenvalue weighted by atomic mass is 10.2. The fraction of sp³-hybridized carbons (Fsp3) is 0.0556. The molecule has 0 aliphatic carbocycles. The Hall–Kier alpha value is -4.09. The number of carbonyl (C=O) groups is 1. The minimum Gasteiger partial charge on any atom is -0.506 e. The number of hydrogen-bond acceptors (Lipinski definition) is 6. The van der Waals surface area contributed by atoms with Crippen molar-refractivity contribution < 1.29 is 41.5 Å². The summed E-state index contributed by atoms with van der Waals surface area (Å²) in [5.74, 6) is -9.89. The highest BCUT2D eigenvalue weighted by atomic mass is 19.2. The monoisotopic (exact) mass is 426 g/mol. The van der Waals surface area contributed by atoms with Crippen molar-refractivity contribution in [1.82, 2.24) is 0 Å². The fourth-order valence-corrected chi connectivity index (χ4v) is 2.32. The molecule has 3 rings (SSSR count). The Kier molecular flexibility index (Phi) is 5.58. The molecule has 156 valence electrons. The van der Waals surface area contributed by atoms with Crippen molar-refractivity contribution in [3.8, 4) is 11.5 Å². The van der Waals surface area contributed by atoms with Gasteiger partial charge in [-0.15, -0.1) is 0 Å². The van der Waals surface area contributed by atoms with Crippen molar-refractivity contribution >= 4 is 17.3 Å². The van der Waals surface area contributed by atoms with E-state index >= 15 is 0 Å². The molecular formula is C18H10F4N2O6. The van der Waals surface area contributed by atoms with Crippen molar-refractivity contribution in [2.24, 2.45) is 0 Å². The Morgan fingerprint density at radius 3 is 2.37 bits per heavy atom. The first-order valence-electron chi connectivity index (χ1n) is 8.00. The fourth-order valence-electron chi connectivity index (χ4n) is 2.32. The highest BCUT2D eigenvalue weighted by Gasteiger charge is 2.21. The van der Waals surface area contributed by atoms with Gasteiger partial charge in [0.1, 0.15) is 18.1 Å². The standard InChI is InChI=1S/C18H10F4N2O6/c19-10-6-11(20)16(22)17(15(10)21)29-7-9-2-4-14(30-9)18(26)23-12-3-1-8(24(27)28)5-13(12)25/h1-6,25H,7H2,(H,23,26). The molecule has 0 atom stereocenters. The first-order valence-corrected chi connectivity index (χ1v) is 8.00. The molecule has 0 saturated heterocycles. The van der Waals surface area contributed by atoms with Gasteiger partial charge in [-0.05, 0) is 18.2 Å². The predicted octanol–water partition coefficient (Wildman–Crippen LogP) is 4.28. The van der Waals surface area contributed by atoms with Crippen LogP contribution in [-0.4, -0.2) is 15.9 Å². The molecule has 2 N–H and O–H groups in total. The van der Waals surface area contributed by atoms with E-state index in [-0.39, 0.29) is 23.3 Å². The third kappa shape index (κ3) is 4.16. The third-order valence-corrected chi connectivity index (χ3v) is 3.76. The molecule has 3 aromatic rings. The van der Waals surface area contributed by atoms with Gasteiger partial charge in [0, 0.05) is 12.1 Å². The molecule has 0 fully saturated rings. The highest BCUT2D eigenvalue weighted by Crippen LogP contribution is 2.29. The molecule has 0 bridgehead atoms. The summed E-state index contributed by atoms with van der Waals surface area (Å²) in [5.41, 5.74) is -0.532. The number of nitrogens with zero attached hydrogens (tertiary/aromatic N) is 1. The average Bonchev–Trinajstić information content (AvgIpc) is 3.17. The second kappa shape index (κ2) is 8.11. The van der Waals surface area contributed by atoms with Crippen molar-refractivity contribution in [3.63, 3.8) is 0 Å². The molecule has 0 saturated carbocycles. The minimum atomic E-state index is -1.73. The molecular weight excluding hydrogens is 416 g/mol. The van der Waals surface area contributed by atoms with E-state index in [1.54, 1.807) is 0 Å². The lowest BCUT2D eigenvalue weighted by molar-refractivity contribution is -0.384. The van der Waals surface area contributed by atoms with Crippen LogP contribution in [0, 0.1) is 33.4 Å². The number of halogens is 4. The molecule has 2 aromatic carbocycles. The smallest absolute Gasteiger partial charge is 0.291 e. The van der Waals surface area contributed by atoms with Gasteiger partial charge < -0.3 is 19.6 Å². The molecule has 0 aliphatic rings. The number of benzene rings is 2. The molecule has 8 nitrogen and oxygen atoms in total. The number of nitro groups is 1. The quantitative estimate of drug-likeness (QED) is 0.200. The van der Waals surface area contributed by atoms with E-state index in [2.05, 4.69) is 5.32 Å². The van der Waals surface area contributed by atoms with Gasteiger partial charge in [0.25, 0.3) is 11.6 Å². The van der Waals surface area contributed by atoms with E-state index in [0.29, 0.717) is 0 Å². The number of amides is 1. The van der Waals surface area contributed by atoms with Gasteiger partial charge in [-0.2, -0.15) is 8.78 Å². The summed E-state index contributed by atoms with van der Waals surface area (Å²) in [4.78, 5) is 22.1. The number of nitro benzene ring substituents is 1. The Labute approximate surface area is 164 Å². The number of furan rings is 1. The maximum absolute atomic E-state index is 13.6. The van der Waals surface area contributed by atoms with Gasteiger partial charge in [-0.1, -0.05) is 0 Å². The van der Waals surface area contributed by atoms with Crippen molar-refractivity contribution in [2.45, 2.75) is 6.61 Å². The number of hydrogen-bond donors (Lipinski definition) is 2. The molecule has 0 aliphatic heterocycles. The molecule has 1 aromatic heterocycles. The lowest BCUT2D eigenvalue weighted by Crippen LogP contribution is -2.11. The SMILES string of the molecule is O=C(Nc1ccc([N+](=O)[O-])cc1O)c1ccc(COc2c(F)c(F)cc(F)c2F)o1. The van der Waals surface area contributed by atoms with E-state index in [1.165, 1.54) is 6.07 Å².